The van der Waals surface area contributed by atoms with Crippen molar-refractivity contribution in [2.45, 2.75) is 25.3 Å². The summed E-state index contributed by atoms with van der Waals surface area (Å²) < 4.78 is 1.81. The molecule has 192 valence electrons. The van der Waals surface area contributed by atoms with Crippen molar-refractivity contribution in [2.75, 3.05) is 17.2 Å². The van der Waals surface area contributed by atoms with Gasteiger partial charge in [-0.2, -0.15) is 5.10 Å². The number of rotatable bonds is 8. The van der Waals surface area contributed by atoms with Gasteiger partial charge in [-0.15, -0.1) is 0 Å². The molecule has 0 saturated carbocycles. The second-order valence-corrected chi connectivity index (χ2v) is 9.35. The standard InChI is InChI=1S/C30H29N5O3/c1-34-28(23-11-13-24(14-12-23)31-20-36)19-26(33-34)22-9-15-25(16-10-22)32-30(38)27-8-5-17-35(27)29(37)18-21-6-3-2-4-7-21/h2-4,6-7,9-16,19-20,27H,5,8,17-18H2,1H3,(H,31,36)(H,32,38)/t27-/m0/s1. The molecule has 1 atom stereocenters. The van der Waals surface area contributed by atoms with Crippen LogP contribution >= 0.6 is 0 Å². The molecule has 0 radical (unpaired) electrons. The van der Waals surface area contributed by atoms with Gasteiger partial charge in [-0.25, -0.2) is 0 Å². The first kappa shape index (κ1) is 25.0. The first-order valence-electron chi connectivity index (χ1n) is 12.6. The van der Waals surface area contributed by atoms with Crippen LogP contribution in [-0.2, 0) is 27.9 Å². The maximum absolute atomic E-state index is 13.1. The fraction of sp³-hybridized carbons (Fsp3) is 0.200. The third-order valence-corrected chi connectivity index (χ3v) is 6.81. The predicted octanol–water partition coefficient (Wildman–Crippen LogP) is 4.49. The fourth-order valence-corrected chi connectivity index (χ4v) is 4.84. The number of nitrogens with zero attached hydrogens (tertiary/aromatic N) is 3. The highest BCUT2D eigenvalue weighted by molar-refractivity contribution is 5.98. The Bertz CT molecular complexity index is 1430. The number of anilines is 2. The number of aryl methyl sites for hydroxylation is 1. The number of carbonyl (C=O) groups excluding carboxylic acids is 3. The van der Waals surface area contributed by atoms with Crippen LogP contribution in [0, 0.1) is 0 Å². The van der Waals surface area contributed by atoms with Gasteiger partial charge in [0.2, 0.25) is 18.2 Å². The van der Waals surface area contributed by atoms with Gasteiger partial charge in [0.25, 0.3) is 0 Å². The second kappa shape index (κ2) is 11.1. The van der Waals surface area contributed by atoms with Crippen LogP contribution in [0.4, 0.5) is 11.4 Å². The average molecular weight is 508 g/mol. The van der Waals surface area contributed by atoms with Crippen LogP contribution in [0.2, 0.25) is 0 Å². The van der Waals surface area contributed by atoms with Gasteiger partial charge in [0.1, 0.15) is 6.04 Å². The summed E-state index contributed by atoms with van der Waals surface area (Å²) in [4.78, 5) is 38.3. The van der Waals surface area contributed by atoms with Gasteiger partial charge < -0.3 is 15.5 Å². The van der Waals surface area contributed by atoms with Crippen LogP contribution in [0.25, 0.3) is 22.5 Å². The van der Waals surface area contributed by atoms with Crippen LogP contribution < -0.4 is 10.6 Å². The van der Waals surface area contributed by atoms with Gasteiger partial charge in [-0.3, -0.25) is 19.1 Å². The molecule has 38 heavy (non-hydrogen) atoms. The Balaban J connectivity index is 1.24. The maximum atomic E-state index is 13.1. The summed E-state index contributed by atoms with van der Waals surface area (Å²) in [6.45, 7) is 0.598. The molecule has 0 bridgehead atoms. The molecule has 0 aliphatic carbocycles. The van der Waals surface area contributed by atoms with Crippen LogP contribution in [0.1, 0.15) is 18.4 Å². The zero-order valence-electron chi connectivity index (χ0n) is 21.1. The summed E-state index contributed by atoms with van der Waals surface area (Å²) in [6, 6.07) is 26.3. The molecule has 2 N–H and O–H groups in total. The zero-order valence-corrected chi connectivity index (χ0v) is 21.1. The summed E-state index contributed by atoms with van der Waals surface area (Å²) in [5, 5.41) is 10.3. The lowest BCUT2D eigenvalue weighted by Crippen LogP contribution is -2.43. The van der Waals surface area contributed by atoms with E-state index in [0.717, 1.165) is 40.2 Å². The minimum atomic E-state index is -0.461. The molecule has 2 heterocycles. The van der Waals surface area contributed by atoms with E-state index in [4.69, 9.17) is 0 Å². The highest BCUT2D eigenvalue weighted by Crippen LogP contribution is 2.28. The van der Waals surface area contributed by atoms with Crippen molar-refractivity contribution in [2.24, 2.45) is 7.05 Å². The van der Waals surface area contributed by atoms with E-state index in [-0.39, 0.29) is 11.8 Å². The third kappa shape index (κ3) is 5.49. The smallest absolute Gasteiger partial charge is 0.247 e. The number of amides is 3. The fourth-order valence-electron chi connectivity index (χ4n) is 4.84. The molecule has 8 nitrogen and oxygen atoms in total. The average Bonchev–Trinajstić information content (AvgIpc) is 3.58. The van der Waals surface area contributed by atoms with Gasteiger partial charge in [0.15, 0.2) is 0 Å². The number of hydrogen-bond donors (Lipinski definition) is 2. The van der Waals surface area contributed by atoms with Gasteiger partial charge >= 0.3 is 0 Å². The third-order valence-electron chi connectivity index (χ3n) is 6.81. The minimum absolute atomic E-state index is 0.0233. The van der Waals surface area contributed by atoms with Gasteiger partial charge in [-0.05, 0) is 54.3 Å². The molecule has 8 heteroatoms. The molecular weight excluding hydrogens is 478 g/mol. The number of hydrogen-bond acceptors (Lipinski definition) is 4. The molecule has 0 unspecified atom stereocenters. The number of aromatic nitrogens is 2. The van der Waals surface area contributed by atoms with Crippen molar-refractivity contribution in [1.82, 2.24) is 14.7 Å². The molecule has 4 aromatic rings. The minimum Gasteiger partial charge on any atom is -0.330 e. The normalized spacial score (nSPS) is 14.8. The van der Waals surface area contributed by atoms with Crippen molar-refractivity contribution >= 4 is 29.6 Å². The SMILES string of the molecule is Cn1nc(-c2ccc(NC(=O)[C@@H]3CCCN3C(=O)Cc3ccccc3)cc2)cc1-c1ccc(NC=O)cc1. The summed E-state index contributed by atoms with van der Waals surface area (Å²) in [5.74, 6) is -0.186. The summed E-state index contributed by atoms with van der Waals surface area (Å²) >= 11 is 0. The first-order chi connectivity index (χ1) is 18.5. The molecule has 3 amide bonds. The Hall–Kier alpha value is -4.72. The van der Waals surface area contributed by atoms with Crippen LogP contribution in [0.5, 0.6) is 0 Å². The second-order valence-electron chi connectivity index (χ2n) is 9.35. The topological polar surface area (TPSA) is 96.3 Å². The molecule has 1 saturated heterocycles. The highest BCUT2D eigenvalue weighted by Gasteiger charge is 2.33. The quantitative estimate of drug-likeness (QED) is 0.344. The molecular formula is C30H29N5O3. The Morgan fingerprint density at radius 1 is 0.947 bits per heavy atom. The molecule has 0 spiro atoms. The number of likely N-dealkylation sites (tertiary alicyclic amines) is 1. The van der Waals surface area contributed by atoms with Gasteiger partial charge in [0.05, 0.1) is 17.8 Å². The van der Waals surface area contributed by atoms with Crippen molar-refractivity contribution in [1.29, 1.82) is 0 Å². The zero-order chi connectivity index (χ0) is 26.5. The van der Waals surface area contributed by atoms with E-state index in [1.165, 1.54) is 0 Å². The van der Waals surface area contributed by atoms with Crippen molar-refractivity contribution < 1.29 is 14.4 Å². The Morgan fingerprint density at radius 3 is 2.34 bits per heavy atom. The maximum Gasteiger partial charge on any atom is 0.247 e. The number of benzene rings is 3. The molecule has 1 fully saturated rings. The van der Waals surface area contributed by atoms with E-state index in [0.29, 0.717) is 31.5 Å². The van der Waals surface area contributed by atoms with Gasteiger partial charge in [-0.1, -0.05) is 54.6 Å². The number of carbonyl (C=O) groups is 3. The Labute approximate surface area is 221 Å². The monoisotopic (exact) mass is 507 g/mol. The van der Waals surface area contributed by atoms with Crippen molar-refractivity contribution in [3.8, 4) is 22.5 Å². The lowest BCUT2D eigenvalue weighted by atomic mass is 10.1. The summed E-state index contributed by atoms with van der Waals surface area (Å²) in [7, 11) is 1.89. The molecule has 1 aromatic heterocycles. The Morgan fingerprint density at radius 2 is 1.63 bits per heavy atom. The summed E-state index contributed by atoms with van der Waals surface area (Å²) in [6.07, 6.45) is 2.42. The van der Waals surface area contributed by atoms with E-state index in [1.807, 2.05) is 96.7 Å². The van der Waals surface area contributed by atoms with Crippen molar-refractivity contribution in [3.63, 3.8) is 0 Å². The highest BCUT2D eigenvalue weighted by atomic mass is 16.2. The summed E-state index contributed by atoms with van der Waals surface area (Å²) in [5.41, 5.74) is 6.00. The lowest BCUT2D eigenvalue weighted by molar-refractivity contribution is -0.136. The van der Waals surface area contributed by atoms with Crippen LogP contribution in [-0.4, -0.2) is 45.5 Å². The largest absolute Gasteiger partial charge is 0.330 e. The van der Waals surface area contributed by atoms with E-state index < -0.39 is 6.04 Å². The van der Waals surface area contributed by atoms with E-state index in [1.54, 1.807) is 4.90 Å². The molecule has 3 aromatic carbocycles. The molecule has 1 aliphatic rings. The lowest BCUT2D eigenvalue weighted by Gasteiger charge is -2.24. The van der Waals surface area contributed by atoms with Crippen LogP contribution in [0.3, 0.4) is 0 Å². The molecule has 1 aliphatic heterocycles. The van der Waals surface area contributed by atoms with Crippen LogP contribution in [0.15, 0.2) is 84.9 Å². The predicted molar refractivity (Wildman–Crippen MR) is 147 cm³/mol. The van der Waals surface area contributed by atoms with E-state index in [2.05, 4.69) is 15.7 Å². The molecule has 5 rings (SSSR count). The van der Waals surface area contributed by atoms with Gasteiger partial charge in [0, 0.05) is 30.5 Å². The van der Waals surface area contributed by atoms with E-state index in [9.17, 15) is 14.4 Å². The van der Waals surface area contributed by atoms with Crippen molar-refractivity contribution in [3.05, 3.63) is 90.5 Å². The number of nitrogens with one attached hydrogen (secondary N) is 2. The Kier molecular flexibility index (Phi) is 7.31. The van der Waals surface area contributed by atoms with E-state index >= 15 is 0 Å². The first-order valence-corrected chi connectivity index (χ1v) is 12.6.